The molecule has 1 amide bonds. The summed E-state index contributed by atoms with van der Waals surface area (Å²) >= 11 is 0. The number of aromatic carboxylic acids is 1. The summed E-state index contributed by atoms with van der Waals surface area (Å²) < 4.78 is 0. The molecule has 0 saturated carbocycles. The summed E-state index contributed by atoms with van der Waals surface area (Å²) in [5.41, 5.74) is 6.30. The zero-order chi connectivity index (χ0) is 14.5. The Morgan fingerprint density at radius 2 is 1.55 bits per heavy atom. The Kier molecular flexibility index (Phi) is 3.82. The highest BCUT2D eigenvalue weighted by Gasteiger charge is 2.14. The van der Waals surface area contributed by atoms with Gasteiger partial charge in [0.05, 0.1) is 11.1 Å². The van der Waals surface area contributed by atoms with E-state index in [1.165, 1.54) is 12.1 Å². The van der Waals surface area contributed by atoms with E-state index in [1.54, 1.807) is 6.07 Å². The van der Waals surface area contributed by atoms with Crippen molar-refractivity contribution in [3.05, 3.63) is 70.8 Å². The summed E-state index contributed by atoms with van der Waals surface area (Å²) in [6.45, 7) is 0. The molecule has 20 heavy (non-hydrogen) atoms. The van der Waals surface area contributed by atoms with Crippen molar-refractivity contribution in [3.8, 4) is 11.8 Å². The van der Waals surface area contributed by atoms with Crippen LogP contribution in [0.5, 0.6) is 0 Å². The molecule has 0 aliphatic heterocycles. The highest BCUT2D eigenvalue weighted by Crippen LogP contribution is 2.11. The molecule has 0 heterocycles. The minimum absolute atomic E-state index is 0.0252. The van der Waals surface area contributed by atoms with Crippen molar-refractivity contribution in [1.29, 1.82) is 0 Å². The second kappa shape index (κ2) is 5.72. The topological polar surface area (TPSA) is 80.4 Å². The minimum atomic E-state index is -1.21. The van der Waals surface area contributed by atoms with Crippen molar-refractivity contribution in [3.63, 3.8) is 0 Å². The SMILES string of the molecule is NC(=O)c1ccc(C#Cc2ccccc2)cc1C(=O)O. The zero-order valence-corrected chi connectivity index (χ0v) is 10.5. The molecule has 0 unspecified atom stereocenters. The third kappa shape index (κ3) is 3.03. The lowest BCUT2D eigenvalue weighted by Crippen LogP contribution is -2.16. The Labute approximate surface area is 115 Å². The van der Waals surface area contributed by atoms with E-state index in [0.717, 1.165) is 5.56 Å². The highest BCUT2D eigenvalue weighted by atomic mass is 16.4. The van der Waals surface area contributed by atoms with E-state index >= 15 is 0 Å². The number of benzene rings is 2. The van der Waals surface area contributed by atoms with Crippen LogP contribution in [0.4, 0.5) is 0 Å². The molecule has 3 N–H and O–H groups in total. The molecular weight excluding hydrogens is 254 g/mol. The fraction of sp³-hybridized carbons (Fsp3) is 0. The predicted octanol–water partition coefficient (Wildman–Crippen LogP) is 1.88. The van der Waals surface area contributed by atoms with Crippen molar-refractivity contribution >= 4 is 11.9 Å². The van der Waals surface area contributed by atoms with Crippen LogP contribution in [-0.4, -0.2) is 17.0 Å². The summed E-state index contributed by atoms with van der Waals surface area (Å²) in [6, 6.07) is 13.6. The molecule has 2 aromatic rings. The fourth-order valence-electron chi connectivity index (χ4n) is 1.68. The van der Waals surface area contributed by atoms with Gasteiger partial charge in [-0.25, -0.2) is 4.79 Å². The molecule has 2 rings (SSSR count). The first-order valence-electron chi connectivity index (χ1n) is 5.82. The maximum atomic E-state index is 11.1. The standard InChI is InChI=1S/C16H11NO3/c17-15(18)13-9-8-12(10-14(13)16(19)20)7-6-11-4-2-1-3-5-11/h1-5,8-10H,(H2,17,18)(H,19,20). The largest absolute Gasteiger partial charge is 0.478 e. The van der Waals surface area contributed by atoms with E-state index in [-0.39, 0.29) is 11.1 Å². The molecule has 0 radical (unpaired) electrons. The molecule has 0 aliphatic rings. The van der Waals surface area contributed by atoms with Crippen LogP contribution < -0.4 is 5.73 Å². The number of carboxylic acids is 1. The number of nitrogens with two attached hydrogens (primary N) is 1. The number of rotatable bonds is 2. The first-order valence-corrected chi connectivity index (χ1v) is 5.82. The Balaban J connectivity index is 2.40. The summed E-state index contributed by atoms with van der Waals surface area (Å²) in [4.78, 5) is 22.2. The Hall–Kier alpha value is -3.06. The van der Waals surface area contributed by atoms with E-state index < -0.39 is 11.9 Å². The molecule has 0 aliphatic carbocycles. The van der Waals surface area contributed by atoms with E-state index in [0.29, 0.717) is 5.56 Å². The molecule has 4 nitrogen and oxygen atoms in total. The van der Waals surface area contributed by atoms with Crippen molar-refractivity contribution in [2.24, 2.45) is 5.73 Å². The number of carboxylic acid groups (broad SMARTS) is 1. The first kappa shape index (κ1) is 13.4. The van der Waals surface area contributed by atoms with Gasteiger partial charge in [-0.05, 0) is 30.3 Å². The molecule has 0 atom stereocenters. The van der Waals surface area contributed by atoms with Crippen LogP contribution in [0.25, 0.3) is 0 Å². The van der Waals surface area contributed by atoms with E-state index in [4.69, 9.17) is 10.8 Å². The van der Waals surface area contributed by atoms with Gasteiger partial charge in [-0.3, -0.25) is 4.79 Å². The number of hydrogen-bond acceptors (Lipinski definition) is 2. The second-order valence-corrected chi connectivity index (χ2v) is 4.05. The maximum absolute atomic E-state index is 11.1. The monoisotopic (exact) mass is 265 g/mol. The average Bonchev–Trinajstić information content (AvgIpc) is 2.45. The van der Waals surface area contributed by atoms with Gasteiger partial charge in [0.15, 0.2) is 0 Å². The third-order valence-electron chi connectivity index (χ3n) is 2.64. The van der Waals surface area contributed by atoms with Crippen LogP contribution in [0.2, 0.25) is 0 Å². The van der Waals surface area contributed by atoms with Gasteiger partial charge in [-0.2, -0.15) is 0 Å². The molecule has 98 valence electrons. The Morgan fingerprint density at radius 3 is 2.15 bits per heavy atom. The van der Waals surface area contributed by atoms with E-state index in [1.807, 2.05) is 30.3 Å². The van der Waals surface area contributed by atoms with Crippen LogP contribution in [0, 0.1) is 11.8 Å². The lowest BCUT2D eigenvalue weighted by Gasteiger charge is -2.02. The number of carbonyl (C=O) groups excluding carboxylic acids is 1. The van der Waals surface area contributed by atoms with Gasteiger partial charge in [0.1, 0.15) is 0 Å². The predicted molar refractivity (Wildman–Crippen MR) is 74.3 cm³/mol. The average molecular weight is 265 g/mol. The summed E-state index contributed by atoms with van der Waals surface area (Å²) in [5.74, 6) is 3.79. The lowest BCUT2D eigenvalue weighted by molar-refractivity contribution is 0.0692. The number of amides is 1. The van der Waals surface area contributed by atoms with Gasteiger partial charge in [0, 0.05) is 11.1 Å². The Bertz CT molecular complexity index is 724. The van der Waals surface area contributed by atoms with Gasteiger partial charge in [-0.1, -0.05) is 30.0 Å². The zero-order valence-electron chi connectivity index (χ0n) is 10.5. The maximum Gasteiger partial charge on any atom is 0.336 e. The van der Waals surface area contributed by atoms with Gasteiger partial charge >= 0.3 is 5.97 Å². The fourth-order valence-corrected chi connectivity index (χ4v) is 1.68. The van der Waals surface area contributed by atoms with Crippen molar-refractivity contribution in [2.75, 3.05) is 0 Å². The number of carbonyl (C=O) groups is 2. The molecule has 0 aromatic heterocycles. The number of primary amides is 1. The molecule has 0 fully saturated rings. The quantitative estimate of drug-likeness (QED) is 0.813. The smallest absolute Gasteiger partial charge is 0.336 e. The van der Waals surface area contributed by atoms with E-state index in [2.05, 4.69) is 11.8 Å². The van der Waals surface area contributed by atoms with Crippen molar-refractivity contribution in [1.82, 2.24) is 0 Å². The molecule has 0 bridgehead atoms. The van der Waals surface area contributed by atoms with E-state index in [9.17, 15) is 9.59 Å². The summed E-state index contributed by atoms with van der Waals surface area (Å²) in [6.07, 6.45) is 0. The van der Waals surface area contributed by atoms with Gasteiger partial charge in [-0.15, -0.1) is 0 Å². The van der Waals surface area contributed by atoms with Crippen LogP contribution in [0.1, 0.15) is 31.8 Å². The summed E-state index contributed by atoms with van der Waals surface area (Å²) in [7, 11) is 0. The van der Waals surface area contributed by atoms with Crippen LogP contribution >= 0.6 is 0 Å². The van der Waals surface area contributed by atoms with Crippen LogP contribution in [0.3, 0.4) is 0 Å². The molecular formula is C16H11NO3. The minimum Gasteiger partial charge on any atom is -0.478 e. The van der Waals surface area contributed by atoms with Crippen LogP contribution in [-0.2, 0) is 0 Å². The van der Waals surface area contributed by atoms with Gasteiger partial charge in [0.25, 0.3) is 0 Å². The molecule has 0 spiro atoms. The number of hydrogen-bond donors (Lipinski definition) is 2. The Morgan fingerprint density at radius 1 is 0.900 bits per heavy atom. The highest BCUT2D eigenvalue weighted by molar-refractivity contribution is 6.04. The first-order chi connectivity index (χ1) is 9.58. The summed E-state index contributed by atoms with van der Waals surface area (Å²) in [5, 5.41) is 9.07. The normalized spacial score (nSPS) is 9.40. The third-order valence-corrected chi connectivity index (χ3v) is 2.64. The molecule has 0 saturated heterocycles. The lowest BCUT2D eigenvalue weighted by atomic mass is 10.0. The van der Waals surface area contributed by atoms with Gasteiger partial charge in [0.2, 0.25) is 5.91 Å². The van der Waals surface area contributed by atoms with Crippen LogP contribution in [0.15, 0.2) is 48.5 Å². The molecule has 4 heteroatoms. The van der Waals surface area contributed by atoms with Gasteiger partial charge < -0.3 is 10.8 Å². The molecule has 2 aromatic carbocycles. The van der Waals surface area contributed by atoms with Crippen molar-refractivity contribution in [2.45, 2.75) is 0 Å². The van der Waals surface area contributed by atoms with Crippen molar-refractivity contribution < 1.29 is 14.7 Å². The second-order valence-electron chi connectivity index (χ2n) is 4.05.